The van der Waals surface area contributed by atoms with Gasteiger partial charge in [-0.1, -0.05) is 103 Å². The van der Waals surface area contributed by atoms with E-state index in [1.165, 1.54) is 5.56 Å². The first-order chi connectivity index (χ1) is 13.3. The van der Waals surface area contributed by atoms with Crippen LogP contribution in [0.5, 0.6) is 5.75 Å². The van der Waals surface area contributed by atoms with E-state index in [0.717, 1.165) is 28.9 Å². The molecule has 158 valence electrons. The zero-order chi connectivity index (χ0) is 22.0. The van der Waals surface area contributed by atoms with Crippen LogP contribution in [0.3, 0.4) is 0 Å². The SMILES string of the molecule is Cc1cc(C(C)(C)C)c(OC(=O)[C@@H](CC(C)C)c2ccccc2)c(C(C)(C)C)c1. The fourth-order valence-electron chi connectivity index (χ4n) is 3.69. The lowest BCUT2D eigenvalue weighted by atomic mass is 9.78. The molecule has 2 rings (SSSR count). The van der Waals surface area contributed by atoms with Crippen molar-refractivity contribution in [1.29, 1.82) is 0 Å². The predicted molar refractivity (Wildman–Crippen MR) is 123 cm³/mol. The second-order valence-electron chi connectivity index (χ2n) is 10.7. The van der Waals surface area contributed by atoms with Crippen molar-refractivity contribution >= 4 is 5.97 Å². The molecule has 0 bridgehead atoms. The molecule has 0 saturated carbocycles. The predicted octanol–water partition coefficient (Wildman–Crippen LogP) is 7.33. The molecule has 0 unspecified atom stereocenters. The quantitative estimate of drug-likeness (QED) is 0.392. The maximum atomic E-state index is 13.5. The zero-order valence-corrected chi connectivity index (χ0v) is 19.7. The van der Waals surface area contributed by atoms with Gasteiger partial charge in [0.15, 0.2) is 0 Å². The molecular formula is C27H38O2. The molecule has 0 heterocycles. The van der Waals surface area contributed by atoms with Crippen LogP contribution in [0.25, 0.3) is 0 Å². The summed E-state index contributed by atoms with van der Waals surface area (Å²) in [6.07, 6.45) is 0.768. The molecule has 0 spiro atoms. The number of rotatable bonds is 5. The van der Waals surface area contributed by atoms with Crippen molar-refractivity contribution in [3.05, 3.63) is 64.7 Å². The van der Waals surface area contributed by atoms with Crippen LogP contribution in [0.4, 0.5) is 0 Å². The van der Waals surface area contributed by atoms with Gasteiger partial charge in [-0.25, -0.2) is 0 Å². The van der Waals surface area contributed by atoms with Gasteiger partial charge in [0.2, 0.25) is 0 Å². The second kappa shape index (κ2) is 8.73. The highest BCUT2D eigenvalue weighted by molar-refractivity contribution is 5.81. The van der Waals surface area contributed by atoms with Crippen LogP contribution in [0.2, 0.25) is 0 Å². The van der Waals surface area contributed by atoms with Crippen molar-refractivity contribution in [2.24, 2.45) is 5.92 Å². The smallest absolute Gasteiger partial charge is 0.318 e. The molecule has 29 heavy (non-hydrogen) atoms. The van der Waals surface area contributed by atoms with Crippen molar-refractivity contribution in [3.8, 4) is 5.75 Å². The number of hydrogen-bond acceptors (Lipinski definition) is 2. The van der Waals surface area contributed by atoms with Crippen LogP contribution >= 0.6 is 0 Å². The summed E-state index contributed by atoms with van der Waals surface area (Å²) in [4.78, 5) is 13.5. The van der Waals surface area contributed by atoms with Crippen LogP contribution in [0, 0.1) is 12.8 Å². The molecule has 2 aromatic carbocycles. The third kappa shape index (κ3) is 5.95. The highest BCUT2D eigenvalue weighted by Gasteiger charge is 2.31. The molecular weight excluding hydrogens is 356 g/mol. The summed E-state index contributed by atoms with van der Waals surface area (Å²) in [5.74, 6) is 0.711. The van der Waals surface area contributed by atoms with E-state index in [1.54, 1.807) is 0 Å². The molecule has 0 amide bonds. The Labute approximate surface area is 177 Å². The van der Waals surface area contributed by atoms with Gasteiger partial charge in [0, 0.05) is 11.1 Å². The van der Waals surface area contributed by atoms with Gasteiger partial charge in [-0.15, -0.1) is 0 Å². The molecule has 0 aliphatic heterocycles. The molecule has 0 aromatic heterocycles. The Morgan fingerprint density at radius 2 is 1.38 bits per heavy atom. The van der Waals surface area contributed by atoms with Gasteiger partial charge in [-0.3, -0.25) is 4.79 Å². The van der Waals surface area contributed by atoms with Crippen LogP contribution in [0.15, 0.2) is 42.5 Å². The minimum atomic E-state index is -0.266. The Hall–Kier alpha value is -2.09. The summed E-state index contributed by atoms with van der Waals surface area (Å²) in [6, 6.07) is 14.3. The minimum Gasteiger partial charge on any atom is -0.425 e. The molecule has 0 radical (unpaired) electrons. The third-order valence-corrected chi connectivity index (χ3v) is 5.25. The Bertz CT molecular complexity index is 798. The van der Waals surface area contributed by atoms with Gasteiger partial charge >= 0.3 is 5.97 Å². The van der Waals surface area contributed by atoms with Crippen LogP contribution in [-0.4, -0.2) is 5.97 Å². The average Bonchev–Trinajstić information content (AvgIpc) is 2.59. The Kier molecular flexibility index (Phi) is 6.98. The maximum Gasteiger partial charge on any atom is 0.318 e. The van der Waals surface area contributed by atoms with Gasteiger partial charge in [0.05, 0.1) is 5.92 Å². The number of hydrogen-bond donors (Lipinski definition) is 0. The van der Waals surface area contributed by atoms with Gasteiger partial charge in [-0.2, -0.15) is 0 Å². The van der Waals surface area contributed by atoms with Gasteiger partial charge < -0.3 is 4.74 Å². The molecule has 2 heteroatoms. The van der Waals surface area contributed by atoms with Crippen LogP contribution < -0.4 is 4.74 Å². The average molecular weight is 395 g/mol. The first-order valence-corrected chi connectivity index (χ1v) is 10.7. The molecule has 0 N–H and O–H groups in total. The molecule has 0 aliphatic carbocycles. The highest BCUT2D eigenvalue weighted by atomic mass is 16.5. The molecule has 0 saturated heterocycles. The van der Waals surface area contributed by atoms with E-state index in [9.17, 15) is 4.79 Å². The summed E-state index contributed by atoms with van der Waals surface area (Å²) >= 11 is 0. The monoisotopic (exact) mass is 394 g/mol. The molecule has 2 aromatic rings. The van der Waals surface area contributed by atoms with Crippen molar-refractivity contribution < 1.29 is 9.53 Å². The van der Waals surface area contributed by atoms with E-state index < -0.39 is 0 Å². The Morgan fingerprint density at radius 1 is 0.897 bits per heavy atom. The van der Waals surface area contributed by atoms with E-state index in [-0.39, 0.29) is 22.7 Å². The first-order valence-electron chi connectivity index (χ1n) is 10.7. The molecule has 2 nitrogen and oxygen atoms in total. The highest BCUT2D eigenvalue weighted by Crippen LogP contribution is 2.41. The number of esters is 1. The Morgan fingerprint density at radius 3 is 1.79 bits per heavy atom. The number of carbonyl (C=O) groups excluding carboxylic acids is 1. The third-order valence-electron chi connectivity index (χ3n) is 5.25. The fourth-order valence-corrected chi connectivity index (χ4v) is 3.69. The van der Waals surface area contributed by atoms with E-state index in [0.29, 0.717) is 5.92 Å². The maximum absolute atomic E-state index is 13.5. The standard InChI is InChI=1S/C27H38O2/c1-18(2)15-21(20-13-11-10-12-14-20)25(28)29-24-22(26(4,5)6)16-19(3)17-23(24)27(7,8)9/h10-14,16-18,21H,15H2,1-9H3/t21-/m0/s1. The van der Waals surface area contributed by atoms with Gasteiger partial charge in [0.25, 0.3) is 0 Å². The normalized spacial score (nSPS) is 13.4. The molecule has 1 atom stereocenters. The minimum absolute atomic E-state index is 0.123. The lowest BCUT2D eigenvalue weighted by Gasteiger charge is -2.30. The topological polar surface area (TPSA) is 26.3 Å². The molecule has 0 fully saturated rings. The lowest BCUT2D eigenvalue weighted by Crippen LogP contribution is -2.26. The van der Waals surface area contributed by atoms with Crippen LogP contribution in [0.1, 0.15) is 90.0 Å². The number of benzene rings is 2. The molecule has 0 aliphatic rings. The summed E-state index contributed by atoms with van der Waals surface area (Å²) in [6.45, 7) is 19.5. The van der Waals surface area contributed by atoms with Gasteiger partial charge in [0.1, 0.15) is 5.75 Å². The van der Waals surface area contributed by atoms with Crippen molar-refractivity contribution in [3.63, 3.8) is 0 Å². The lowest BCUT2D eigenvalue weighted by molar-refractivity contribution is -0.136. The largest absolute Gasteiger partial charge is 0.425 e. The number of ether oxygens (including phenoxy) is 1. The van der Waals surface area contributed by atoms with Crippen molar-refractivity contribution in [2.75, 3.05) is 0 Å². The van der Waals surface area contributed by atoms with Crippen LogP contribution in [-0.2, 0) is 15.6 Å². The van der Waals surface area contributed by atoms with E-state index >= 15 is 0 Å². The van der Waals surface area contributed by atoms with E-state index in [4.69, 9.17) is 4.74 Å². The van der Waals surface area contributed by atoms with Crippen molar-refractivity contribution in [1.82, 2.24) is 0 Å². The van der Waals surface area contributed by atoms with Crippen molar-refractivity contribution in [2.45, 2.75) is 85.5 Å². The zero-order valence-electron chi connectivity index (χ0n) is 19.7. The number of carbonyl (C=O) groups is 1. The summed E-state index contributed by atoms with van der Waals surface area (Å²) in [5, 5.41) is 0. The first kappa shape index (κ1) is 23.2. The fraction of sp³-hybridized carbons (Fsp3) is 0.519. The van der Waals surface area contributed by atoms with E-state index in [1.807, 2.05) is 30.3 Å². The summed E-state index contributed by atoms with van der Waals surface area (Å²) in [5.41, 5.74) is 4.15. The van der Waals surface area contributed by atoms with E-state index in [2.05, 4.69) is 74.4 Å². The summed E-state index contributed by atoms with van der Waals surface area (Å²) < 4.78 is 6.26. The Balaban J connectivity index is 2.57. The summed E-state index contributed by atoms with van der Waals surface area (Å²) in [7, 11) is 0. The second-order valence-corrected chi connectivity index (χ2v) is 10.7. The van der Waals surface area contributed by atoms with Gasteiger partial charge in [-0.05, 0) is 35.7 Å². The number of aryl methyl sites for hydroxylation is 1.